The number of nitrogens with zero attached hydrogens (tertiary/aromatic N) is 3. The van der Waals surface area contributed by atoms with Crippen LogP contribution in [0.3, 0.4) is 0 Å². The molecule has 0 bridgehead atoms. The summed E-state index contributed by atoms with van der Waals surface area (Å²) in [6.45, 7) is 4.47. The maximum Gasteiger partial charge on any atom is 0.327 e. The largest absolute Gasteiger partial charge is 0.463 e. The van der Waals surface area contributed by atoms with Crippen molar-refractivity contribution in [2.24, 2.45) is 5.92 Å². The molecule has 1 saturated heterocycles. The molecular weight excluding hydrogens is 274 g/mol. The summed E-state index contributed by atoms with van der Waals surface area (Å²) >= 11 is 0. The highest BCUT2D eigenvalue weighted by atomic mass is 16.5. The maximum absolute atomic E-state index is 12.1. The molecule has 0 amide bonds. The molecule has 1 aliphatic rings. The Bertz CT molecular complexity index is 687. The third-order valence-electron chi connectivity index (χ3n) is 3.53. The fourth-order valence-corrected chi connectivity index (χ4v) is 2.44. The summed E-state index contributed by atoms with van der Waals surface area (Å²) in [5, 5.41) is 0. The minimum absolute atomic E-state index is 0.206. The van der Waals surface area contributed by atoms with Gasteiger partial charge < -0.3 is 20.2 Å². The van der Waals surface area contributed by atoms with Gasteiger partial charge in [-0.2, -0.15) is 9.97 Å². The molecule has 0 radical (unpaired) electrons. The van der Waals surface area contributed by atoms with Crippen LogP contribution in [0.2, 0.25) is 0 Å². The molecule has 1 unspecified atom stereocenters. The van der Waals surface area contributed by atoms with Crippen molar-refractivity contribution >= 4 is 17.0 Å². The van der Waals surface area contributed by atoms with Crippen LogP contribution in [0, 0.1) is 5.92 Å². The van der Waals surface area contributed by atoms with Crippen molar-refractivity contribution in [1.82, 2.24) is 19.5 Å². The van der Waals surface area contributed by atoms with E-state index in [1.807, 2.05) is 6.92 Å². The van der Waals surface area contributed by atoms with Crippen molar-refractivity contribution in [3.05, 3.63) is 10.5 Å². The van der Waals surface area contributed by atoms with Gasteiger partial charge in [-0.25, -0.2) is 4.79 Å². The molecule has 3 heterocycles. The van der Waals surface area contributed by atoms with E-state index in [0.29, 0.717) is 36.8 Å². The van der Waals surface area contributed by atoms with E-state index in [2.05, 4.69) is 15.0 Å². The predicted octanol–water partition coefficient (Wildman–Crippen LogP) is 0.527. The van der Waals surface area contributed by atoms with E-state index in [1.54, 1.807) is 4.57 Å². The Morgan fingerprint density at radius 2 is 2.38 bits per heavy atom. The second-order valence-corrected chi connectivity index (χ2v) is 5.21. The number of imidazole rings is 1. The monoisotopic (exact) mass is 293 g/mol. The number of nitrogens with two attached hydrogens (primary N) is 1. The fraction of sp³-hybridized carbons (Fsp3) is 0.615. The van der Waals surface area contributed by atoms with Gasteiger partial charge in [0.05, 0.1) is 13.2 Å². The van der Waals surface area contributed by atoms with Crippen LogP contribution in [0.25, 0.3) is 11.2 Å². The van der Waals surface area contributed by atoms with Crippen molar-refractivity contribution in [3.63, 3.8) is 0 Å². The Morgan fingerprint density at radius 3 is 3.10 bits per heavy atom. The Hall–Kier alpha value is -2.09. The second-order valence-electron chi connectivity index (χ2n) is 5.21. The van der Waals surface area contributed by atoms with Gasteiger partial charge in [-0.3, -0.25) is 4.57 Å². The smallest absolute Gasteiger partial charge is 0.327 e. The quantitative estimate of drug-likeness (QED) is 0.832. The number of hydrogen-bond donors (Lipinski definition) is 2. The van der Waals surface area contributed by atoms with Crippen molar-refractivity contribution in [3.8, 4) is 6.01 Å². The number of ether oxygens (including phenoxy) is 2. The van der Waals surface area contributed by atoms with Crippen LogP contribution in [0.15, 0.2) is 4.79 Å². The molecule has 8 nitrogen and oxygen atoms in total. The lowest BCUT2D eigenvalue weighted by molar-refractivity contribution is 0.182. The molecule has 8 heteroatoms. The molecule has 0 saturated carbocycles. The standard InChI is InChI=1S/C13H19N5O3/c1-2-4-21-12-16-10(14)9-11(17-12)18(13(19)15-9)6-8-3-5-20-7-8/h8H,2-7H2,1H3,(H,15,19)(H2,14,16,17). The van der Waals surface area contributed by atoms with Gasteiger partial charge >= 0.3 is 11.7 Å². The fourth-order valence-electron chi connectivity index (χ4n) is 2.44. The molecule has 1 aliphatic heterocycles. The molecule has 1 fully saturated rings. The average molecular weight is 293 g/mol. The van der Waals surface area contributed by atoms with Crippen LogP contribution in [-0.2, 0) is 11.3 Å². The van der Waals surface area contributed by atoms with Gasteiger partial charge in [-0.15, -0.1) is 0 Å². The van der Waals surface area contributed by atoms with E-state index in [9.17, 15) is 4.79 Å². The van der Waals surface area contributed by atoms with Crippen molar-refractivity contribution in [1.29, 1.82) is 0 Å². The molecular formula is C13H19N5O3. The van der Waals surface area contributed by atoms with Gasteiger partial charge in [0.25, 0.3) is 0 Å². The van der Waals surface area contributed by atoms with Crippen LogP contribution < -0.4 is 16.2 Å². The normalized spacial score (nSPS) is 18.4. The van der Waals surface area contributed by atoms with E-state index in [-0.39, 0.29) is 17.5 Å². The third kappa shape index (κ3) is 2.71. The molecule has 114 valence electrons. The summed E-state index contributed by atoms with van der Waals surface area (Å²) in [5.74, 6) is 0.544. The molecule has 0 aromatic carbocycles. The van der Waals surface area contributed by atoms with Crippen LogP contribution in [-0.4, -0.2) is 39.3 Å². The van der Waals surface area contributed by atoms with Crippen LogP contribution in [0.5, 0.6) is 6.01 Å². The van der Waals surface area contributed by atoms with Crippen LogP contribution >= 0.6 is 0 Å². The summed E-state index contributed by atoms with van der Waals surface area (Å²) < 4.78 is 12.4. The van der Waals surface area contributed by atoms with Gasteiger partial charge in [0, 0.05) is 19.1 Å². The topological polar surface area (TPSA) is 108 Å². The van der Waals surface area contributed by atoms with Crippen LogP contribution in [0.1, 0.15) is 19.8 Å². The Balaban J connectivity index is 1.99. The van der Waals surface area contributed by atoms with Gasteiger partial charge in [-0.1, -0.05) is 6.92 Å². The summed E-state index contributed by atoms with van der Waals surface area (Å²) in [5.41, 5.74) is 6.60. The number of anilines is 1. The first kappa shape index (κ1) is 13.9. The molecule has 2 aromatic rings. The summed E-state index contributed by atoms with van der Waals surface area (Å²) in [6.07, 6.45) is 1.79. The number of H-pyrrole nitrogens is 1. The second kappa shape index (κ2) is 5.72. The number of fused-ring (bicyclic) bond motifs is 1. The van der Waals surface area contributed by atoms with Gasteiger partial charge in [0.2, 0.25) is 0 Å². The molecule has 3 N–H and O–H groups in total. The maximum atomic E-state index is 12.1. The lowest BCUT2D eigenvalue weighted by Crippen LogP contribution is -2.22. The van der Waals surface area contributed by atoms with E-state index in [0.717, 1.165) is 19.4 Å². The molecule has 0 aliphatic carbocycles. The first-order valence-corrected chi connectivity index (χ1v) is 7.15. The number of aromatic nitrogens is 4. The van der Waals surface area contributed by atoms with Crippen molar-refractivity contribution in [2.75, 3.05) is 25.6 Å². The molecule has 1 atom stereocenters. The zero-order valence-corrected chi connectivity index (χ0v) is 12.0. The van der Waals surface area contributed by atoms with Crippen LogP contribution in [0.4, 0.5) is 5.82 Å². The molecule has 0 spiro atoms. The SMILES string of the molecule is CCCOc1nc(N)c2[nH]c(=O)n(CC3CCOC3)c2n1. The van der Waals surface area contributed by atoms with E-state index >= 15 is 0 Å². The zero-order valence-electron chi connectivity index (χ0n) is 12.0. The first-order valence-electron chi connectivity index (χ1n) is 7.15. The minimum Gasteiger partial charge on any atom is -0.463 e. The summed E-state index contributed by atoms with van der Waals surface area (Å²) in [6, 6.07) is 0.206. The Labute approximate surface area is 121 Å². The number of nitrogen functional groups attached to an aromatic ring is 1. The molecule has 2 aromatic heterocycles. The Morgan fingerprint density at radius 1 is 1.52 bits per heavy atom. The highest BCUT2D eigenvalue weighted by Gasteiger charge is 2.21. The number of rotatable bonds is 5. The predicted molar refractivity (Wildman–Crippen MR) is 77.3 cm³/mol. The average Bonchev–Trinajstić information content (AvgIpc) is 3.07. The highest BCUT2D eigenvalue weighted by molar-refractivity contribution is 5.81. The van der Waals surface area contributed by atoms with Gasteiger partial charge in [0.1, 0.15) is 5.52 Å². The molecule has 3 rings (SSSR count). The van der Waals surface area contributed by atoms with Gasteiger partial charge in [-0.05, 0) is 12.8 Å². The number of aromatic amines is 1. The number of hydrogen-bond acceptors (Lipinski definition) is 6. The van der Waals surface area contributed by atoms with Crippen molar-refractivity contribution < 1.29 is 9.47 Å². The summed E-state index contributed by atoms with van der Waals surface area (Å²) in [4.78, 5) is 23.2. The molecule has 21 heavy (non-hydrogen) atoms. The lowest BCUT2D eigenvalue weighted by atomic mass is 10.1. The third-order valence-corrected chi connectivity index (χ3v) is 3.53. The Kier molecular flexibility index (Phi) is 3.78. The minimum atomic E-state index is -0.231. The number of nitrogens with one attached hydrogen (secondary N) is 1. The van der Waals surface area contributed by atoms with Gasteiger partial charge in [0.15, 0.2) is 11.5 Å². The zero-order chi connectivity index (χ0) is 14.8. The van der Waals surface area contributed by atoms with E-state index in [1.165, 1.54) is 0 Å². The van der Waals surface area contributed by atoms with E-state index < -0.39 is 0 Å². The van der Waals surface area contributed by atoms with Crippen molar-refractivity contribution in [2.45, 2.75) is 26.3 Å². The lowest BCUT2D eigenvalue weighted by Gasteiger charge is -2.09. The first-order chi connectivity index (χ1) is 10.2. The summed E-state index contributed by atoms with van der Waals surface area (Å²) in [7, 11) is 0. The highest BCUT2D eigenvalue weighted by Crippen LogP contribution is 2.20. The van der Waals surface area contributed by atoms with E-state index in [4.69, 9.17) is 15.2 Å².